The molecule has 6 nitrogen and oxygen atoms in total. The van der Waals surface area contributed by atoms with Gasteiger partial charge in [-0.05, 0) is 34.7 Å². The minimum absolute atomic E-state index is 0.0340. The lowest BCUT2D eigenvalue weighted by molar-refractivity contribution is -0.115. The zero-order chi connectivity index (χ0) is 18.6. The lowest BCUT2D eigenvalue weighted by atomic mass is 10.00. The first kappa shape index (κ1) is 17.1. The van der Waals surface area contributed by atoms with Crippen LogP contribution in [0.4, 0.5) is 11.5 Å². The molecule has 1 amide bonds. The van der Waals surface area contributed by atoms with Crippen LogP contribution in [0.15, 0.2) is 59.3 Å². The maximum Gasteiger partial charge on any atom is 0.229 e. The highest BCUT2D eigenvalue weighted by molar-refractivity contribution is 7.10. The molecule has 3 aromatic rings. The molecule has 1 aromatic carbocycles. The molecule has 3 heterocycles. The highest BCUT2D eigenvalue weighted by Gasteiger charge is 2.14. The van der Waals surface area contributed by atoms with Crippen molar-refractivity contribution in [2.75, 3.05) is 11.1 Å². The van der Waals surface area contributed by atoms with Crippen LogP contribution in [0.3, 0.4) is 0 Å². The van der Waals surface area contributed by atoms with E-state index < -0.39 is 0 Å². The summed E-state index contributed by atoms with van der Waals surface area (Å²) < 4.78 is 0. The molecule has 0 fully saturated rings. The highest BCUT2D eigenvalue weighted by Crippen LogP contribution is 2.26. The van der Waals surface area contributed by atoms with Crippen molar-refractivity contribution < 1.29 is 4.79 Å². The van der Waals surface area contributed by atoms with E-state index in [4.69, 9.17) is 5.73 Å². The number of rotatable bonds is 4. The van der Waals surface area contributed by atoms with Gasteiger partial charge in [-0.15, -0.1) is 11.3 Å². The van der Waals surface area contributed by atoms with E-state index in [-0.39, 0.29) is 5.91 Å². The van der Waals surface area contributed by atoms with Gasteiger partial charge in [0.25, 0.3) is 0 Å². The molecule has 2 aromatic heterocycles. The fraction of sp³-hybridized carbons (Fsp3) is 0.100. The number of nitrogens with zero attached hydrogens (tertiary/aromatic N) is 3. The second-order valence-corrected chi connectivity index (χ2v) is 7.15. The van der Waals surface area contributed by atoms with Crippen LogP contribution in [-0.2, 0) is 17.6 Å². The van der Waals surface area contributed by atoms with Gasteiger partial charge in [0.2, 0.25) is 5.91 Å². The van der Waals surface area contributed by atoms with Crippen LogP contribution in [0.25, 0.3) is 5.57 Å². The SMILES string of the molecule is Nc1ncnc2c1C=NC=C(c1cccc(NC(=O)Cc3cccs3)c1)C2. The minimum atomic E-state index is -0.0340. The first-order valence-electron chi connectivity index (χ1n) is 8.43. The third kappa shape index (κ3) is 3.93. The van der Waals surface area contributed by atoms with Crippen molar-refractivity contribution in [1.82, 2.24) is 9.97 Å². The number of amides is 1. The number of thiophene rings is 1. The largest absolute Gasteiger partial charge is 0.383 e. The quantitative estimate of drug-likeness (QED) is 0.731. The van der Waals surface area contributed by atoms with Gasteiger partial charge < -0.3 is 11.1 Å². The van der Waals surface area contributed by atoms with Crippen LogP contribution in [0, 0.1) is 0 Å². The van der Waals surface area contributed by atoms with E-state index in [1.807, 2.05) is 41.8 Å². The number of allylic oxidation sites excluding steroid dienone is 1. The summed E-state index contributed by atoms with van der Waals surface area (Å²) in [7, 11) is 0. The van der Waals surface area contributed by atoms with Crippen LogP contribution in [0.5, 0.6) is 0 Å². The standard InChI is InChI=1S/C20H17N5OS/c21-20-17-11-22-10-14(8-18(17)23-12-24-20)13-3-1-4-15(7-13)25-19(26)9-16-5-2-6-27-16/h1-7,10-12H,8-9H2,(H,25,26)(H2,21,23,24). The number of hydrogen-bond acceptors (Lipinski definition) is 6. The van der Waals surface area contributed by atoms with E-state index in [0.717, 1.165) is 33.0 Å². The van der Waals surface area contributed by atoms with Crippen molar-refractivity contribution in [1.29, 1.82) is 0 Å². The Balaban J connectivity index is 1.53. The molecular formula is C20H17N5OS. The van der Waals surface area contributed by atoms with E-state index in [1.54, 1.807) is 23.8 Å². The molecule has 4 rings (SSSR count). The van der Waals surface area contributed by atoms with Gasteiger partial charge in [0.1, 0.15) is 12.1 Å². The molecule has 1 aliphatic heterocycles. The minimum Gasteiger partial charge on any atom is -0.383 e. The van der Waals surface area contributed by atoms with Gasteiger partial charge in [-0.1, -0.05) is 18.2 Å². The number of fused-ring (bicyclic) bond motifs is 1. The molecule has 0 atom stereocenters. The predicted octanol–water partition coefficient (Wildman–Crippen LogP) is 3.32. The number of carbonyl (C=O) groups excluding carboxylic acids is 1. The Bertz CT molecular complexity index is 1040. The number of aliphatic imine (C=N–C) groups is 1. The summed E-state index contributed by atoms with van der Waals surface area (Å²) in [6, 6.07) is 11.6. The smallest absolute Gasteiger partial charge is 0.229 e. The molecule has 0 bridgehead atoms. The predicted molar refractivity (Wildman–Crippen MR) is 109 cm³/mol. The molecule has 0 unspecified atom stereocenters. The van der Waals surface area contributed by atoms with Crippen LogP contribution < -0.4 is 11.1 Å². The molecule has 0 spiro atoms. The molecule has 1 aliphatic rings. The zero-order valence-corrected chi connectivity index (χ0v) is 15.2. The Hall–Kier alpha value is -3.32. The monoisotopic (exact) mass is 375 g/mol. The molecule has 7 heteroatoms. The van der Waals surface area contributed by atoms with Gasteiger partial charge >= 0.3 is 0 Å². The van der Waals surface area contributed by atoms with Gasteiger partial charge in [0, 0.05) is 29.4 Å². The number of hydrogen-bond donors (Lipinski definition) is 2. The van der Waals surface area contributed by atoms with Gasteiger partial charge in [0.05, 0.1) is 17.7 Å². The summed E-state index contributed by atoms with van der Waals surface area (Å²) in [5.41, 5.74) is 10.2. The molecule has 0 radical (unpaired) electrons. The van der Waals surface area contributed by atoms with Crippen LogP contribution in [-0.4, -0.2) is 22.1 Å². The second kappa shape index (κ2) is 7.51. The molecule has 3 N–H and O–H groups in total. The first-order chi connectivity index (χ1) is 13.2. The molecule has 0 saturated carbocycles. The number of nitrogen functional groups attached to an aromatic ring is 1. The number of aromatic nitrogens is 2. The van der Waals surface area contributed by atoms with Crippen LogP contribution >= 0.6 is 11.3 Å². The van der Waals surface area contributed by atoms with Gasteiger partial charge in [-0.3, -0.25) is 9.79 Å². The van der Waals surface area contributed by atoms with Crippen molar-refractivity contribution in [2.24, 2.45) is 4.99 Å². The Morgan fingerprint density at radius 1 is 1.22 bits per heavy atom. The number of carbonyl (C=O) groups is 1. The molecule has 27 heavy (non-hydrogen) atoms. The summed E-state index contributed by atoms with van der Waals surface area (Å²) in [6.07, 6.45) is 5.91. The summed E-state index contributed by atoms with van der Waals surface area (Å²) in [6.45, 7) is 0. The zero-order valence-electron chi connectivity index (χ0n) is 14.4. The first-order valence-corrected chi connectivity index (χ1v) is 9.31. The van der Waals surface area contributed by atoms with Gasteiger partial charge in [0.15, 0.2) is 0 Å². The second-order valence-electron chi connectivity index (χ2n) is 6.11. The number of benzene rings is 1. The van der Waals surface area contributed by atoms with E-state index in [0.29, 0.717) is 18.7 Å². The summed E-state index contributed by atoms with van der Waals surface area (Å²) in [5.74, 6) is 0.390. The van der Waals surface area contributed by atoms with Crippen LogP contribution in [0.2, 0.25) is 0 Å². The lowest BCUT2D eigenvalue weighted by Gasteiger charge is -2.10. The number of nitrogens with one attached hydrogen (secondary N) is 1. The van der Waals surface area contributed by atoms with Crippen LogP contribution in [0.1, 0.15) is 21.7 Å². The van der Waals surface area contributed by atoms with E-state index >= 15 is 0 Å². The Kier molecular flexibility index (Phi) is 4.76. The van der Waals surface area contributed by atoms with Gasteiger partial charge in [-0.25, -0.2) is 9.97 Å². The number of nitrogens with two attached hydrogens (primary N) is 1. The summed E-state index contributed by atoms with van der Waals surface area (Å²) in [5, 5.41) is 4.93. The Morgan fingerprint density at radius 2 is 2.15 bits per heavy atom. The average Bonchev–Trinajstić information content (AvgIpc) is 3.05. The molecule has 0 saturated heterocycles. The average molecular weight is 375 g/mol. The van der Waals surface area contributed by atoms with Crippen molar-refractivity contribution in [3.63, 3.8) is 0 Å². The van der Waals surface area contributed by atoms with Crippen molar-refractivity contribution in [3.05, 3.63) is 76.0 Å². The fourth-order valence-corrected chi connectivity index (χ4v) is 3.61. The summed E-state index contributed by atoms with van der Waals surface area (Å²) in [4.78, 5) is 26.0. The molecule has 134 valence electrons. The maximum atomic E-state index is 12.3. The van der Waals surface area contributed by atoms with Gasteiger partial charge in [-0.2, -0.15) is 0 Å². The van der Waals surface area contributed by atoms with E-state index in [1.165, 1.54) is 6.33 Å². The summed E-state index contributed by atoms with van der Waals surface area (Å²) >= 11 is 1.58. The van der Waals surface area contributed by atoms with E-state index in [2.05, 4.69) is 20.3 Å². The fourth-order valence-electron chi connectivity index (χ4n) is 2.91. The highest BCUT2D eigenvalue weighted by atomic mass is 32.1. The molecule has 0 aliphatic carbocycles. The topological polar surface area (TPSA) is 93.3 Å². The van der Waals surface area contributed by atoms with E-state index in [9.17, 15) is 4.79 Å². The lowest BCUT2D eigenvalue weighted by Crippen LogP contribution is -2.13. The van der Waals surface area contributed by atoms with Crippen molar-refractivity contribution in [2.45, 2.75) is 12.8 Å². The normalized spacial score (nSPS) is 12.8. The maximum absolute atomic E-state index is 12.3. The molecular weight excluding hydrogens is 358 g/mol. The number of anilines is 2. The Morgan fingerprint density at radius 3 is 3.00 bits per heavy atom. The third-order valence-electron chi connectivity index (χ3n) is 4.22. The van der Waals surface area contributed by atoms with Crippen molar-refractivity contribution in [3.8, 4) is 0 Å². The van der Waals surface area contributed by atoms with Crippen molar-refractivity contribution >= 4 is 40.5 Å². The third-order valence-corrected chi connectivity index (χ3v) is 5.10. The Labute approximate surface area is 160 Å².